The summed E-state index contributed by atoms with van der Waals surface area (Å²) < 4.78 is 31.9. The fourth-order valence-corrected chi connectivity index (χ4v) is 4.23. The summed E-state index contributed by atoms with van der Waals surface area (Å²) in [4.78, 5) is 11.9. The molecule has 0 spiro atoms. The molecule has 0 bridgehead atoms. The number of sulfonamides is 1. The minimum atomic E-state index is -3.74. The van der Waals surface area contributed by atoms with Crippen molar-refractivity contribution in [3.63, 3.8) is 0 Å². The lowest BCUT2D eigenvalue weighted by Crippen LogP contribution is -2.44. The van der Waals surface area contributed by atoms with E-state index in [1.54, 1.807) is 26.1 Å². The van der Waals surface area contributed by atoms with Crippen molar-refractivity contribution in [2.75, 3.05) is 27.2 Å². The molecule has 0 unspecified atom stereocenters. The fraction of sp³-hybridized carbons (Fsp3) is 0.533. The van der Waals surface area contributed by atoms with Crippen LogP contribution in [-0.4, -0.2) is 52.0 Å². The summed E-state index contributed by atoms with van der Waals surface area (Å²) in [5, 5.41) is 3.21. The zero-order valence-corrected chi connectivity index (χ0v) is 15.2. The quantitative estimate of drug-likeness (QED) is 0.823. The average molecular weight is 363 g/mol. The minimum Gasteiger partial charge on any atom is -0.465 e. The summed E-state index contributed by atoms with van der Waals surface area (Å²) in [6.07, 6.45) is 1.52. The van der Waals surface area contributed by atoms with Crippen molar-refractivity contribution < 1.29 is 17.9 Å². The number of nitrogens with zero attached hydrogens (tertiary/aromatic N) is 1. The van der Waals surface area contributed by atoms with Crippen molar-refractivity contribution in [1.82, 2.24) is 9.62 Å². The molecule has 1 N–H and O–H groups in total. The van der Waals surface area contributed by atoms with Crippen molar-refractivity contribution in [3.05, 3.63) is 29.3 Å². The number of carbonyl (C=O) groups excluding carboxylic acids is 1. The average Bonchev–Trinajstić information content (AvgIpc) is 2.53. The van der Waals surface area contributed by atoms with Crippen molar-refractivity contribution in [3.8, 4) is 0 Å². The highest BCUT2D eigenvalue weighted by atomic mass is 35.5. The van der Waals surface area contributed by atoms with Gasteiger partial charge in [0.25, 0.3) is 0 Å². The Bertz CT molecular complexity index is 657. The Morgan fingerprint density at radius 3 is 2.48 bits per heavy atom. The van der Waals surface area contributed by atoms with Crippen molar-refractivity contribution in [2.45, 2.75) is 30.7 Å². The monoisotopic (exact) mass is 362 g/mol. The number of hydrogen-bond donors (Lipinski definition) is 1. The van der Waals surface area contributed by atoms with Gasteiger partial charge in [-0.05, 0) is 45.0 Å². The number of esters is 1. The first-order chi connectivity index (χ1) is 10.4. The third-order valence-electron chi connectivity index (χ3n) is 4.02. The molecule has 1 aromatic rings. The number of rotatable bonds is 4. The highest BCUT2D eigenvalue weighted by Crippen LogP contribution is 2.25. The first-order valence-corrected chi connectivity index (χ1v) is 8.69. The van der Waals surface area contributed by atoms with E-state index >= 15 is 0 Å². The highest BCUT2D eigenvalue weighted by molar-refractivity contribution is 7.89. The van der Waals surface area contributed by atoms with Crippen molar-refractivity contribution >= 4 is 28.4 Å². The van der Waals surface area contributed by atoms with E-state index in [1.165, 1.54) is 17.5 Å². The number of aryl methyl sites for hydroxylation is 1. The molecule has 0 amide bonds. The highest BCUT2D eigenvalue weighted by Gasteiger charge is 2.32. The predicted octanol–water partition coefficient (Wildman–Crippen LogP) is 1.58. The van der Waals surface area contributed by atoms with E-state index in [1.807, 2.05) is 0 Å². The summed E-state index contributed by atoms with van der Waals surface area (Å²) in [5.41, 5.74) is 0.896. The Labute approximate surface area is 143 Å². The second-order valence-corrected chi connectivity index (χ2v) is 7.46. The maximum atomic E-state index is 12.9. The van der Waals surface area contributed by atoms with Crippen LogP contribution in [0.15, 0.2) is 23.1 Å². The normalized spacial score (nSPS) is 16.0. The number of carbonyl (C=O) groups is 1. The molecule has 0 atom stereocenters. The van der Waals surface area contributed by atoms with Gasteiger partial charge in [0.2, 0.25) is 10.0 Å². The third-order valence-corrected chi connectivity index (χ3v) is 5.99. The topological polar surface area (TPSA) is 75.7 Å². The number of halogens is 1. The molecule has 1 aliphatic heterocycles. The first kappa shape index (κ1) is 19.9. The van der Waals surface area contributed by atoms with Crippen molar-refractivity contribution in [1.29, 1.82) is 0 Å². The van der Waals surface area contributed by atoms with Gasteiger partial charge in [-0.1, -0.05) is 11.6 Å². The summed E-state index contributed by atoms with van der Waals surface area (Å²) in [6.45, 7) is 3.39. The Hall–Kier alpha value is -1.15. The number of hydrogen-bond acceptors (Lipinski definition) is 5. The van der Waals surface area contributed by atoms with Gasteiger partial charge in [-0.15, -0.1) is 12.4 Å². The van der Waals surface area contributed by atoms with Gasteiger partial charge in [-0.25, -0.2) is 13.2 Å². The van der Waals surface area contributed by atoms with Crippen LogP contribution in [0.4, 0.5) is 0 Å². The van der Waals surface area contributed by atoms with E-state index in [2.05, 4.69) is 5.32 Å². The Kier molecular flexibility index (Phi) is 7.01. The molecule has 2 rings (SSSR count). The fourth-order valence-electron chi connectivity index (χ4n) is 2.66. The maximum Gasteiger partial charge on any atom is 0.339 e. The molecule has 0 radical (unpaired) electrons. The van der Waals surface area contributed by atoms with Gasteiger partial charge >= 0.3 is 5.97 Å². The third kappa shape index (κ3) is 4.23. The SMILES string of the molecule is COC(=O)c1cc(C)ccc1S(=O)(=O)N(C)C1CCNCC1.Cl. The molecular weight excluding hydrogens is 340 g/mol. The molecular formula is C15H23ClN2O4S. The van der Waals surface area contributed by atoms with Crippen LogP contribution < -0.4 is 5.32 Å². The van der Waals surface area contributed by atoms with Crippen LogP contribution >= 0.6 is 12.4 Å². The smallest absolute Gasteiger partial charge is 0.339 e. The van der Waals surface area contributed by atoms with Crippen LogP contribution in [-0.2, 0) is 14.8 Å². The van der Waals surface area contributed by atoms with E-state index in [0.29, 0.717) is 0 Å². The molecule has 0 aromatic heterocycles. The van der Waals surface area contributed by atoms with Crippen LogP contribution in [0.3, 0.4) is 0 Å². The largest absolute Gasteiger partial charge is 0.465 e. The van der Waals surface area contributed by atoms with Crippen LogP contribution in [0, 0.1) is 6.92 Å². The van der Waals surface area contributed by atoms with E-state index in [0.717, 1.165) is 31.5 Å². The van der Waals surface area contributed by atoms with Gasteiger partial charge in [-0.2, -0.15) is 4.31 Å². The van der Waals surface area contributed by atoms with Gasteiger partial charge in [0.15, 0.2) is 0 Å². The van der Waals surface area contributed by atoms with Crippen LogP contribution in [0.2, 0.25) is 0 Å². The molecule has 0 aliphatic carbocycles. The maximum absolute atomic E-state index is 12.9. The minimum absolute atomic E-state index is 0. The van der Waals surface area contributed by atoms with Gasteiger partial charge in [0.05, 0.1) is 17.6 Å². The predicted molar refractivity (Wildman–Crippen MR) is 90.6 cm³/mol. The molecule has 23 heavy (non-hydrogen) atoms. The molecule has 130 valence electrons. The molecule has 6 nitrogen and oxygen atoms in total. The number of nitrogens with one attached hydrogen (secondary N) is 1. The lowest BCUT2D eigenvalue weighted by Gasteiger charge is -2.31. The molecule has 1 saturated heterocycles. The molecule has 1 aromatic carbocycles. The van der Waals surface area contributed by atoms with E-state index < -0.39 is 16.0 Å². The van der Waals surface area contributed by atoms with Crippen LogP contribution in [0.25, 0.3) is 0 Å². The number of methoxy groups -OCH3 is 1. The van der Waals surface area contributed by atoms with Crippen molar-refractivity contribution in [2.24, 2.45) is 0 Å². The van der Waals surface area contributed by atoms with Crippen LogP contribution in [0.1, 0.15) is 28.8 Å². The lowest BCUT2D eigenvalue weighted by atomic mass is 10.1. The first-order valence-electron chi connectivity index (χ1n) is 7.25. The summed E-state index contributed by atoms with van der Waals surface area (Å²) >= 11 is 0. The van der Waals surface area contributed by atoms with E-state index in [9.17, 15) is 13.2 Å². The van der Waals surface area contributed by atoms with Gasteiger partial charge in [0, 0.05) is 13.1 Å². The summed E-state index contributed by atoms with van der Waals surface area (Å²) in [6, 6.07) is 4.66. The molecule has 8 heteroatoms. The Balaban J connectivity index is 0.00000264. The summed E-state index contributed by atoms with van der Waals surface area (Å²) in [5.74, 6) is -0.638. The number of piperidine rings is 1. The molecule has 1 heterocycles. The second kappa shape index (κ2) is 8.10. The van der Waals surface area contributed by atoms with Crippen LogP contribution in [0.5, 0.6) is 0 Å². The van der Waals surface area contributed by atoms with Gasteiger partial charge in [-0.3, -0.25) is 0 Å². The Morgan fingerprint density at radius 1 is 1.30 bits per heavy atom. The standard InChI is InChI=1S/C15H22N2O4S.ClH/c1-11-4-5-14(13(10-11)15(18)21-3)22(19,20)17(2)12-6-8-16-9-7-12;/h4-5,10,12,16H,6-9H2,1-3H3;1H. The lowest BCUT2D eigenvalue weighted by molar-refractivity contribution is 0.0596. The Morgan fingerprint density at radius 2 is 1.91 bits per heavy atom. The molecule has 1 fully saturated rings. The van der Waals surface area contributed by atoms with Gasteiger partial charge < -0.3 is 10.1 Å². The second-order valence-electron chi connectivity index (χ2n) is 5.49. The van der Waals surface area contributed by atoms with E-state index in [4.69, 9.17) is 4.74 Å². The number of benzene rings is 1. The van der Waals surface area contributed by atoms with E-state index in [-0.39, 0.29) is 28.9 Å². The summed E-state index contributed by atoms with van der Waals surface area (Å²) in [7, 11) is -0.913. The zero-order valence-electron chi connectivity index (χ0n) is 13.5. The van der Waals surface area contributed by atoms with Gasteiger partial charge in [0.1, 0.15) is 0 Å². The number of ether oxygens (including phenoxy) is 1. The molecule has 1 aliphatic rings. The molecule has 0 saturated carbocycles. The zero-order chi connectivity index (χ0) is 16.3.